The number of fused-ring (bicyclic) bond motifs is 5. The molecule has 3 aliphatic carbocycles. The Kier molecular flexibility index (Phi) is 6.88. The number of esters is 1. The van der Waals surface area contributed by atoms with Crippen LogP contribution in [0.5, 0.6) is 0 Å². The van der Waals surface area contributed by atoms with Crippen LogP contribution in [0.3, 0.4) is 0 Å². The topological polar surface area (TPSA) is 141 Å². The van der Waals surface area contributed by atoms with Gasteiger partial charge >= 0.3 is 17.9 Å². The molecule has 1 heterocycles. The average Bonchev–Trinajstić information content (AvgIpc) is 2.84. The predicted molar refractivity (Wildman–Crippen MR) is 140 cm³/mol. The smallest absolute Gasteiger partial charge is 0.312 e. The van der Waals surface area contributed by atoms with Gasteiger partial charge in [0.15, 0.2) is 0 Å². The predicted octanol–water partition coefficient (Wildman–Crippen LogP) is 4.64. The maximum atomic E-state index is 13.6. The van der Waals surface area contributed by atoms with Crippen LogP contribution in [-0.4, -0.2) is 56.1 Å². The molecule has 1 aliphatic heterocycles. The van der Waals surface area contributed by atoms with Crippen LogP contribution in [0.4, 0.5) is 0 Å². The van der Waals surface area contributed by atoms with Gasteiger partial charge in [-0.2, -0.15) is 0 Å². The fourth-order valence-corrected chi connectivity index (χ4v) is 10.0. The van der Waals surface area contributed by atoms with Gasteiger partial charge in [-0.05, 0) is 86.9 Å². The molecule has 4 rings (SSSR count). The molecule has 9 atom stereocenters. The lowest BCUT2D eigenvalue weighted by molar-refractivity contribution is -0.254. The van der Waals surface area contributed by atoms with Gasteiger partial charge in [-0.15, -0.1) is 0 Å². The van der Waals surface area contributed by atoms with Crippen LogP contribution < -0.4 is 0 Å². The molecule has 4 N–H and O–H groups in total. The van der Waals surface area contributed by atoms with Gasteiger partial charge in [0.2, 0.25) is 0 Å². The standard InChI is InChI=1S/C30H48O8/c1-25(2)12-13-30(24(35)36)17(15-25)23-29(7,16-20(30)31)28(6)11-8-18(26(3,4)37)27(5,10-9-21(32)33)19(28)14-22(34)38-23/h17-20,23,31,37H,8-16H2,1-7H3,(H,32,33)(H,35,36)/t17-,18-,19+,20+,23+,27-,28+,29+,30+/m0/s1. The van der Waals surface area contributed by atoms with Crippen molar-refractivity contribution in [1.82, 2.24) is 0 Å². The second-order valence-corrected chi connectivity index (χ2v) is 15.2. The van der Waals surface area contributed by atoms with E-state index in [2.05, 4.69) is 27.7 Å². The summed E-state index contributed by atoms with van der Waals surface area (Å²) in [4.78, 5) is 38.2. The fourth-order valence-electron chi connectivity index (χ4n) is 10.0. The van der Waals surface area contributed by atoms with E-state index in [1.54, 1.807) is 13.8 Å². The minimum Gasteiger partial charge on any atom is -0.481 e. The van der Waals surface area contributed by atoms with E-state index in [0.717, 1.165) is 0 Å². The number of ether oxygens (including phenoxy) is 1. The molecular formula is C30H48O8. The summed E-state index contributed by atoms with van der Waals surface area (Å²) in [5, 5.41) is 43.1. The zero-order valence-electron chi connectivity index (χ0n) is 24.2. The fraction of sp³-hybridized carbons (Fsp3) is 0.900. The van der Waals surface area contributed by atoms with Gasteiger partial charge in [-0.3, -0.25) is 14.4 Å². The molecule has 216 valence electrons. The number of carbonyl (C=O) groups is 3. The molecule has 0 spiro atoms. The summed E-state index contributed by atoms with van der Waals surface area (Å²) in [5.74, 6) is -3.41. The average molecular weight is 537 g/mol. The first-order chi connectivity index (χ1) is 17.2. The second kappa shape index (κ2) is 8.92. The monoisotopic (exact) mass is 536 g/mol. The highest BCUT2D eigenvalue weighted by Crippen LogP contribution is 2.72. The van der Waals surface area contributed by atoms with Crippen molar-refractivity contribution in [2.75, 3.05) is 0 Å². The zero-order valence-corrected chi connectivity index (χ0v) is 24.2. The first-order valence-corrected chi connectivity index (χ1v) is 14.3. The molecule has 8 heteroatoms. The summed E-state index contributed by atoms with van der Waals surface area (Å²) in [6.45, 7) is 13.9. The summed E-state index contributed by atoms with van der Waals surface area (Å²) in [6.07, 6.45) is 1.60. The van der Waals surface area contributed by atoms with Crippen molar-refractivity contribution >= 4 is 17.9 Å². The Labute approximate surface area is 226 Å². The molecule has 0 unspecified atom stereocenters. The lowest BCUT2D eigenvalue weighted by Crippen LogP contribution is -2.69. The molecule has 0 bridgehead atoms. The normalized spacial score (nSPS) is 46.6. The number of carbonyl (C=O) groups excluding carboxylic acids is 1. The number of carboxylic acid groups (broad SMARTS) is 2. The summed E-state index contributed by atoms with van der Waals surface area (Å²) in [7, 11) is 0. The third kappa shape index (κ3) is 4.11. The minimum atomic E-state index is -1.37. The molecule has 0 aromatic carbocycles. The molecule has 4 fully saturated rings. The third-order valence-corrected chi connectivity index (χ3v) is 12.2. The van der Waals surface area contributed by atoms with Crippen LogP contribution in [0.25, 0.3) is 0 Å². The largest absolute Gasteiger partial charge is 0.481 e. The van der Waals surface area contributed by atoms with E-state index in [-0.39, 0.29) is 36.5 Å². The van der Waals surface area contributed by atoms with Crippen LogP contribution in [0, 0.1) is 44.8 Å². The van der Waals surface area contributed by atoms with E-state index in [1.807, 2.05) is 6.92 Å². The Balaban J connectivity index is 1.89. The third-order valence-electron chi connectivity index (χ3n) is 12.2. The van der Waals surface area contributed by atoms with Crippen molar-refractivity contribution in [3.63, 3.8) is 0 Å². The van der Waals surface area contributed by atoms with Crippen molar-refractivity contribution in [1.29, 1.82) is 0 Å². The second-order valence-electron chi connectivity index (χ2n) is 15.2. The Morgan fingerprint density at radius 1 is 1.00 bits per heavy atom. The molecule has 0 aromatic rings. The lowest BCUT2D eigenvalue weighted by atomic mass is 9.37. The molecule has 4 aliphatic rings. The zero-order chi connectivity index (χ0) is 28.7. The maximum absolute atomic E-state index is 13.6. The molecule has 38 heavy (non-hydrogen) atoms. The quantitative estimate of drug-likeness (QED) is 0.372. The first-order valence-electron chi connectivity index (χ1n) is 14.3. The van der Waals surface area contributed by atoms with Crippen LogP contribution >= 0.6 is 0 Å². The van der Waals surface area contributed by atoms with Crippen molar-refractivity contribution in [2.45, 2.75) is 124 Å². The molecule has 3 saturated carbocycles. The molecule has 0 radical (unpaired) electrons. The Morgan fingerprint density at radius 3 is 2.18 bits per heavy atom. The molecule has 8 nitrogen and oxygen atoms in total. The summed E-state index contributed by atoms with van der Waals surface area (Å²) in [6, 6.07) is 0. The minimum absolute atomic E-state index is 0.0770. The van der Waals surface area contributed by atoms with Crippen molar-refractivity contribution in [2.24, 2.45) is 44.8 Å². The van der Waals surface area contributed by atoms with Gasteiger partial charge in [0.05, 0.1) is 17.1 Å². The molecule has 1 saturated heterocycles. The number of aliphatic hydroxyl groups is 2. The highest BCUT2D eigenvalue weighted by molar-refractivity contribution is 5.77. The molecular weight excluding hydrogens is 488 g/mol. The van der Waals surface area contributed by atoms with Crippen LogP contribution in [0.15, 0.2) is 0 Å². The van der Waals surface area contributed by atoms with Crippen LogP contribution in [0.1, 0.15) is 106 Å². The van der Waals surface area contributed by atoms with E-state index >= 15 is 0 Å². The number of hydrogen-bond donors (Lipinski definition) is 4. The highest BCUT2D eigenvalue weighted by atomic mass is 16.5. The van der Waals surface area contributed by atoms with E-state index in [0.29, 0.717) is 38.5 Å². The molecule has 0 aromatic heterocycles. The summed E-state index contributed by atoms with van der Waals surface area (Å²) < 4.78 is 6.31. The lowest BCUT2D eigenvalue weighted by Gasteiger charge is -2.67. The van der Waals surface area contributed by atoms with Crippen molar-refractivity contribution < 1.29 is 39.5 Å². The van der Waals surface area contributed by atoms with Gasteiger partial charge < -0.3 is 25.2 Å². The van der Waals surface area contributed by atoms with Crippen LogP contribution in [-0.2, 0) is 19.1 Å². The van der Waals surface area contributed by atoms with Gasteiger partial charge in [0.25, 0.3) is 0 Å². The Morgan fingerprint density at radius 2 is 1.63 bits per heavy atom. The van der Waals surface area contributed by atoms with Gasteiger partial charge in [-0.1, -0.05) is 34.6 Å². The van der Waals surface area contributed by atoms with E-state index in [1.165, 1.54) is 0 Å². The van der Waals surface area contributed by atoms with Crippen LogP contribution in [0.2, 0.25) is 0 Å². The highest BCUT2D eigenvalue weighted by Gasteiger charge is 2.73. The van der Waals surface area contributed by atoms with E-state index in [4.69, 9.17) is 4.74 Å². The number of rotatable bonds is 5. The summed E-state index contributed by atoms with van der Waals surface area (Å²) in [5.41, 5.74) is -4.56. The SMILES string of the molecule is CC1(C)CC[C@]2(C(=O)O)[C@H](O)C[C@]3(C)[C@H](OC(=O)C[C@@H]4[C@@](C)(CCC(=O)O)[C@H](C(C)(C)O)CC[C@]43C)[C@@H]2C1. The molecule has 0 amide bonds. The number of aliphatic carboxylic acids is 2. The van der Waals surface area contributed by atoms with E-state index < -0.39 is 63.3 Å². The first kappa shape index (κ1) is 29.3. The van der Waals surface area contributed by atoms with Gasteiger partial charge in [0.1, 0.15) is 6.10 Å². The van der Waals surface area contributed by atoms with Crippen molar-refractivity contribution in [3.05, 3.63) is 0 Å². The Hall–Kier alpha value is -1.67. The number of hydrogen-bond acceptors (Lipinski definition) is 6. The van der Waals surface area contributed by atoms with Crippen molar-refractivity contribution in [3.8, 4) is 0 Å². The van der Waals surface area contributed by atoms with E-state index in [9.17, 15) is 34.8 Å². The van der Waals surface area contributed by atoms with Gasteiger partial charge in [0, 0.05) is 24.2 Å². The maximum Gasteiger partial charge on any atom is 0.312 e. The Bertz CT molecular complexity index is 999. The number of aliphatic hydroxyl groups excluding tert-OH is 1. The summed E-state index contributed by atoms with van der Waals surface area (Å²) >= 11 is 0. The van der Waals surface area contributed by atoms with Gasteiger partial charge in [-0.25, -0.2) is 0 Å². The number of carboxylic acids is 2.